The number of hydrogen-bond donors (Lipinski definition) is 1. The minimum atomic E-state index is -4.54. The third kappa shape index (κ3) is 2.95. The van der Waals surface area contributed by atoms with Gasteiger partial charge in [-0.15, -0.1) is 10.0 Å². The predicted molar refractivity (Wildman–Crippen MR) is 64.9 cm³/mol. The number of aromatic amines is 1. The second-order valence-corrected chi connectivity index (χ2v) is 3.96. The van der Waals surface area contributed by atoms with Gasteiger partial charge >= 0.3 is 6.18 Å². The van der Waals surface area contributed by atoms with Crippen LogP contribution >= 0.6 is 0 Å². The van der Waals surface area contributed by atoms with Crippen LogP contribution in [0.4, 0.5) is 18.9 Å². The van der Waals surface area contributed by atoms with E-state index in [-0.39, 0.29) is 11.6 Å². The largest absolute Gasteiger partial charge is 0.435 e. The number of alkyl halides is 3. The minimum Gasteiger partial charge on any atom is -0.435 e. The SMILES string of the molecule is CCc1cc(Oc2ccc(C(F)(F)F)cc2N=O)n[nH]1. The van der Waals surface area contributed by atoms with Crippen LogP contribution in [0.5, 0.6) is 11.6 Å². The van der Waals surface area contributed by atoms with E-state index in [1.807, 2.05) is 6.92 Å². The molecule has 1 heterocycles. The summed E-state index contributed by atoms with van der Waals surface area (Å²) in [5.41, 5.74) is -0.593. The van der Waals surface area contributed by atoms with Crippen molar-refractivity contribution in [3.63, 3.8) is 0 Å². The van der Waals surface area contributed by atoms with E-state index in [1.54, 1.807) is 6.07 Å². The van der Waals surface area contributed by atoms with E-state index in [4.69, 9.17) is 4.74 Å². The first-order valence-corrected chi connectivity index (χ1v) is 5.70. The summed E-state index contributed by atoms with van der Waals surface area (Å²) in [6.45, 7) is 1.90. The summed E-state index contributed by atoms with van der Waals surface area (Å²) in [6.07, 6.45) is -3.85. The maximum absolute atomic E-state index is 12.5. The number of nitrogens with one attached hydrogen (secondary N) is 1. The van der Waals surface area contributed by atoms with Gasteiger partial charge in [0.2, 0.25) is 5.88 Å². The monoisotopic (exact) mass is 285 g/mol. The first-order chi connectivity index (χ1) is 9.44. The topological polar surface area (TPSA) is 67.3 Å². The lowest BCUT2D eigenvalue weighted by Gasteiger charge is -2.09. The first-order valence-electron chi connectivity index (χ1n) is 5.70. The highest BCUT2D eigenvalue weighted by molar-refractivity contribution is 5.55. The lowest BCUT2D eigenvalue weighted by molar-refractivity contribution is -0.137. The molecule has 0 bridgehead atoms. The van der Waals surface area contributed by atoms with Crippen molar-refractivity contribution in [2.75, 3.05) is 0 Å². The van der Waals surface area contributed by atoms with Crippen molar-refractivity contribution in [1.82, 2.24) is 10.2 Å². The molecule has 0 saturated carbocycles. The highest BCUT2D eigenvalue weighted by atomic mass is 19.4. The smallest absolute Gasteiger partial charge is 0.416 e. The lowest BCUT2D eigenvalue weighted by Crippen LogP contribution is -2.04. The van der Waals surface area contributed by atoms with Gasteiger partial charge in [0, 0.05) is 11.8 Å². The number of rotatable bonds is 4. The summed E-state index contributed by atoms with van der Waals surface area (Å²) >= 11 is 0. The van der Waals surface area contributed by atoms with Gasteiger partial charge in [-0.1, -0.05) is 6.92 Å². The molecule has 0 aliphatic carbocycles. The molecule has 5 nitrogen and oxygen atoms in total. The number of aryl methyl sites for hydroxylation is 1. The number of H-pyrrole nitrogens is 1. The van der Waals surface area contributed by atoms with E-state index in [1.165, 1.54) is 0 Å². The van der Waals surface area contributed by atoms with Gasteiger partial charge in [0.05, 0.1) is 5.56 Å². The van der Waals surface area contributed by atoms with Gasteiger partial charge in [0.15, 0.2) is 11.4 Å². The normalized spacial score (nSPS) is 11.4. The van der Waals surface area contributed by atoms with Crippen LogP contribution in [0, 0.1) is 4.91 Å². The molecular weight excluding hydrogens is 275 g/mol. The van der Waals surface area contributed by atoms with Crippen molar-refractivity contribution in [3.8, 4) is 11.6 Å². The van der Waals surface area contributed by atoms with Gasteiger partial charge in [0.25, 0.3) is 0 Å². The van der Waals surface area contributed by atoms with Crippen molar-refractivity contribution in [2.24, 2.45) is 5.18 Å². The van der Waals surface area contributed by atoms with Gasteiger partial charge < -0.3 is 4.74 Å². The molecule has 0 fully saturated rings. The molecule has 2 aromatic rings. The van der Waals surface area contributed by atoms with Crippen LogP contribution in [0.1, 0.15) is 18.2 Å². The van der Waals surface area contributed by atoms with E-state index in [2.05, 4.69) is 15.4 Å². The maximum atomic E-state index is 12.5. The van der Waals surface area contributed by atoms with Crippen molar-refractivity contribution < 1.29 is 17.9 Å². The Morgan fingerprint density at radius 2 is 2.10 bits per heavy atom. The number of hydrogen-bond acceptors (Lipinski definition) is 4. The molecule has 0 aliphatic rings. The molecule has 0 radical (unpaired) electrons. The molecule has 2 rings (SSSR count). The van der Waals surface area contributed by atoms with Crippen molar-refractivity contribution in [2.45, 2.75) is 19.5 Å². The molecule has 0 unspecified atom stereocenters. The van der Waals surface area contributed by atoms with E-state index < -0.39 is 17.4 Å². The summed E-state index contributed by atoms with van der Waals surface area (Å²) in [6, 6.07) is 4.08. The molecule has 20 heavy (non-hydrogen) atoms. The van der Waals surface area contributed by atoms with Crippen molar-refractivity contribution in [1.29, 1.82) is 0 Å². The van der Waals surface area contributed by atoms with E-state index in [9.17, 15) is 18.1 Å². The van der Waals surface area contributed by atoms with Crippen molar-refractivity contribution in [3.05, 3.63) is 40.4 Å². The number of nitrogens with zero attached hydrogens (tertiary/aromatic N) is 2. The Hall–Kier alpha value is -2.38. The molecule has 0 atom stereocenters. The second kappa shape index (κ2) is 5.32. The summed E-state index contributed by atoms with van der Waals surface area (Å²) in [7, 11) is 0. The Morgan fingerprint density at radius 3 is 2.65 bits per heavy atom. The number of aromatic nitrogens is 2. The van der Waals surface area contributed by atoms with Crippen molar-refractivity contribution >= 4 is 5.69 Å². The molecule has 1 aromatic carbocycles. The molecule has 0 saturated heterocycles. The molecular formula is C12H10F3N3O2. The molecule has 0 spiro atoms. The van der Waals surface area contributed by atoms with Crippen LogP contribution in [0.3, 0.4) is 0 Å². The van der Waals surface area contributed by atoms with E-state index in [0.29, 0.717) is 12.5 Å². The molecule has 106 valence electrons. The van der Waals surface area contributed by atoms with Crippen LogP contribution in [0.2, 0.25) is 0 Å². The quantitative estimate of drug-likeness (QED) is 0.857. The Labute approximate surface area is 111 Å². The third-order valence-corrected chi connectivity index (χ3v) is 2.59. The van der Waals surface area contributed by atoms with Crippen LogP contribution in [0.15, 0.2) is 29.4 Å². The highest BCUT2D eigenvalue weighted by Gasteiger charge is 2.31. The summed E-state index contributed by atoms with van der Waals surface area (Å²) < 4.78 is 42.8. The molecule has 1 N–H and O–H groups in total. The molecule has 0 aliphatic heterocycles. The Bertz CT molecular complexity index is 623. The van der Waals surface area contributed by atoms with E-state index >= 15 is 0 Å². The minimum absolute atomic E-state index is 0.0813. The summed E-state index contributed by atoms with van der Waals surface area (Å²) in [5.74, 6) is 0.0775. The Morgan fingerprint density at radius 1 is 1.35 bits per heavy atom. The van der Waals surface area contributed by atoms with E-state index in [0.717, 1.165) is 17.8 Å². The fourth-order valence-electron chi connectivity index (χ4n) is 1.54. The van der Waals surface area contributed by atoms with Crippen LogP contribution < -0.4 is 4.74 Å². The molecule has 1 aromatic heterocycles. The van der Waals surface area contributed by atoms with Gasteiger partial charge in [-0.3, -0.25) is 5.10 Å². The van der Waals surface area contributed by atoms with Gasteiger partial charge in [-0.25, -0.2) is 0 Å². The Balaban J connectivity index is 2.30. The molecule has 8 heteroatoms. The fraction of sp³-hybridized carbons (Fsp3) is 0.250. The zero-order chi connectivity index (χ0) is 14.8. The molecule has 0 amide bonds. The highest BCUT2D eigenvalue weighted by Crippen LogP contribution is 2.37. The average molecular weight is 285 g/mol. The standard InChI is InChI=1S/C12H10F3N3O2/c1-2-8-6-11(17-16-8)20-10-4-3-7(12(13,14)15)5-9(10)18-19/h3-6H,2H2,1H3,(H,16,17). The second-order valence-electron chi connectivity index (χ2n) is 3.96. The van der Waals surface area contributed by atoms with Gasteiger partial charge in [-0.2, -0.15) is 13.2 Å². The summed E-state index contributed by atoms with van der Waals surface area (Å²) in [4.78, 5) is 10.6. The van der Waals surface area contributed by atoms with Gasteiger partial charge in [0.1, 0.15) is 0 Å². The zero-order valence-electron chi connectivity index (χ0n) is 10.4. The number of nitroso groups, excluding NO2 is 1. The average Bonchev–Trinajstić information content (AvgIpc) is 2.85. The number of halogens is 3. The fourth-order valence-corrected chi connectivity index (χ4v) is 1.54. The number of benzene rings is 1. The third-order valence-electron chi connectivity index (χ3n) is 2.59. The summed E-state index contributed by atoms with van der Waals surface area (Å²) in [5, 5.41) is 9.06. The zero-order valence-corrected chi connectivity index (χ0v) is 10.4. The lowest BCUT2D eigenvalue weighted by atomic mass is 10.2. The van der Waals surface area contributed by atoms with Crippen LogP contribution in [0.25, 0.3) is 0 Å². The van der Waals surface area contributed by atoms with Gasteiger partial charge in [-0.05, 0) is 29.8 Å². The number of ether oxygens (including phenoxy) is 1. The van der Waals surface area contributed by atoms with Crippen LogP contribution in [-0.4, -0.2) is 10.2 Å². The Kier molecular flexibility index (Phi) is 3.73. The first kappa shape index (κ1) is 14.0. The predicted octanol–water partition coefficient (Wildman–Crippen LogP) is 4.18. The maximum Gasteiger partial charge on any atom is 0.416 e. The van der Waals surface area contributed by atoms with Crippen LogP contribution in [-0.2, 0) is 12.6 Å².